The molecule has 0 N–H and O–H groups in total. The molecule has 0 amide bonds. The van der Waals surface area contributed by atoms with Crippen LogP contribution in [0.25, 0.3) is 0 Å². The highest BCUT2D eigenvalue weighted by Gasteiger charge is 2.45. The first kappa shape index (κ1) is 14.3. The Labute approximate surface area is 126 Å². The minimum absolute atomic E-state index is 0.0701. The van der Waals surface area contributed by atoms with Crippen molar-refractivity contribution in [2.24, 2.45) is 5.92 Å². The number of carbonyl (C=O) groups is 1. The van der Waals surface area contributed by atoms with Crippen molar-refractivity contribution in [1.82, 2.24) is 4.90 Å². The van der Waals surface area contributed by atoms with E-state index < -0.39 is 0 Å². The average Bonchev–Trinajstić information content (AvgIpc) is 2.55. The lowest BCUT2D eigenvalue weighted by molar-refractivity contribution is -0.156. The standard InChI is InChI=1S/C18H23NO2/c1-3-21-18(20)17-15-9-11-16(12-10-15)19(17)13(2)14-7-5-4-6-8-14/h4-9,11,13,15-17H,3,10,12H2,1-2H3. The van der Waals surface area contributed by atoms with E-state index in [1.807, 2.05) is 13.0 Å². The second-order valence-electron chi connectivity index (χ2n) is 5.92. The normalized spacial score (nSPS) is 29.3. The first-order valence-corrected chi connectivity index (χ1v) is 7.89. The molecule has 2 heterocycles. The molecule has 112 valence electrons. The minimum Gasteiger partial charge on any atom is -0.465 e. The van der Waals surface area contributed by atoms with Gasteiger partial charge in [-0.3, -0.25) is 9.69 Å². The quantitative estimate of drug-likeness (QED) is 0.628. The number of benzene rings is 1. The van der Waals surface area contributed by atoms with E-state index in [1.165, 1.54) is 5.56 Å². The maximum absolute atomic E-state index is 12.4. The summed E-state index contributed by atoms with van der Waals surface area (Å²) >= 11 is 0. The van der Waals surface area contributed by atoms with Gasteiger partial charge in [-0.2, -0.15) is 0 Å². The number of ether oxygens (including phenoxy) is 1. The van der Waals surface area contributed by atoms with E-state index in [0.29, 0.717) is 18.6 Å². The van der Waals surface area contributed by atoms with Gasteiger partial charge >= 0.3 is 5.97 Å². The van der Waals surface area contributed by atoms with Crippen molar-refractivity contribution < 1.29 is 9.53 Å². The fraction of sp³-hybridized carbons (Fsp3) is 0.500. The van der Waals surface area contributed by atoms with Gasteiger partial charge in [0.25, 0.3) is 0 Å². The third kappa shape index (κ3) is 2.62. The lowest BCUT2D eigenvalue weighted by atomic mass is 9.78. The summed E-state index contributed by atoms with van der Waals surface area (Å²) in [6.45, 7) is 4.51. The Hall–Kier alpha value is -1.61. The molecule has 2 aliphatic heterocycles. The summed E-state index contributed by atoms with van der Waals surface area (Å²) in [6.07, 6.45) is 6.70. The number of nitrogens with zero attached hydrogens (tertiary/aromatic N) is 1. The summed E-state index contributed by atoms with van der Waals surface area (Å²) in [7, 11) is 0. The van der Waals surface area contributed by atoms with Crippen LogP contribution in [0.3, 0.4) is 0 Å². The number of esters is 1. The van der Waals surface area contributed by atoms with Gasteiger partial charge in [0.1, 0.15) is 6.04 Å². The monoisotopic (exact) mass is 285 g/mol. The molecule has 4 rings (SSSR count). The second kappa shape index (κ2) is 6.02. The molecule has 0 radical (unpaired) electrons. The summed E-state index contributed by atoms with van der Waals surface area (Å²) in [5, 5.41) is 0. The molecular formula is C18H23NO2. The summed E-state index contributed by atoms with van der Waals surface area (Å²) in [6, 6.07) is 10.9. The highest BCUT2D eigenvalue weighted by atomic mass is 16.5. The fourth-order valence-electron chi connectivity index (χ4n) is 3.72. The van der Waals surface area contributed by atoms with E-state index in [4.69, 9.17) is 4.74 Å². The van der Waals surface area contributed by atoms with Crippen LogP contribution in [0.5, 0.6) is 0 Å². The molecule has 1 saturated heterocycles. The first-order chi connectivity index (χ1) is 10.2. The van der Waals surface area contributed by atoms with Crippen LogP contribution in [0.4, 0.5) is 0 Å². The maximum Gasteiger partial charge on any atom is 0.323 e. The molecule has 0 saturated carbocycles. The third-order valence-electron chi connectivity index (χ3n) is 4.74. The zero-order chi connectivity index (χ0) is 14.8. The predicted molar refractivity (Wildman–Crippen MR) is 82.8 cm³/mol. The Morgan fingerprint density at radius 3 is 2.67 bits per heavy atom. The lowest BCUT2D eigenvalue weighted by Gasteiger charge is -2.49. The topological polar surface area (TPSA) is 29.5 Å². The van der Waals surface area contributed by atoms with Crippen LogP contribution in [-0.2, 0) is 9.53 Å². The van der Waals surface area contributed by atoms with Gasteiger partial charge in [0, 0.05) is 18.0 Å². The number of hydrogen-bond donors (Lipinski definition) is 0. The van der Waals surface area contributed by atoms with Crippen LogP contribution < -0.4 is 0 Å². The number of piperidine rings is 1. The van der Waals surface area contributed by atoms with E-state index in [1.54, 1.807) is 0 Å². The number of hydrogen-bond acceptors (Lipinski definition) is 3. The molecule has 1 aromatic rings. The van der Waals surface area contributed by atoms with Crippen LogP contribution in [0.2, 0.25) is 0 Å². The molecule has 1 fully saturated rings. The molecular weight excluding hydrogens is 262 g/mol. The number of fused-ring (bicyclic) bond motifs is 2. The molecule has 3 aliphatic rings. The Balaban J connectivity index is 1.90. The van der Waals surface area contributed by atoms with Crippen molar-refractivity contribution in [3.05, 3.63) is 48.0 Å². The smallest absolute Gasteiger partial charge is 0.323 e. The van der Waals surface area contributed by atoms with Crippen LogP contribution in [0, 0.1) is 5.92 Å². The van der Waals surface area contributed by atoms with Gasteiger partial charge in [0.15, 0.2) is 0 Å². The van der Waals surface area contributed by atoms with E-state index in [-0.39, 0.29) is 18.1 Å². The molecule has 3 heteroatoms. The zero-order valence-corrected chi connectivity index (χ0v) is 12.7. The molecule has 1 aromatic carbocycles. The molecule has 0 spiro atoms. The largest absolute Gasteiger partial charge is 0.465 e. The Morgan fingerprint density at radius 1 is 1.29 bits per heavy atom. The highest BCUT2D eigenvalue weighted by Crippen LogP contribution is 2.40. The SMILES string of the molecule is CCOC(=O)C1C2C=CC(CC2)N1C(C)c1ccccc1. The summed E-state index contributed by atoms with van der Waals surface area (Å²) in [5.41, 5.74) is 1.26. The van der Waals surface area contributed by atoms with Crippen LogP contribution in [0.15, 0.2) is 42.5 Å². The Kier molecular flexibility index (Phi) is 4.11. The van der Waals surface area contributed by atoms with Crippen molar-refractivity contribution in [1.29, 1.82) is 0 Å². The van der Waals surface area contributed by atoms with Crippen molar-refractivity contribution in [2.75, 3.05) is 6.61 Å². The number of carbonyl (C=O) groups excluding carboxylic acids is 1. The minimum atomic E-state index is -0.135. The molecule has 0 aromatic heterocycles. The molecule has 4 atom stereocenters. The second-order valence-corrected chi connectivity index (χ2v) is 5.92. The molecule has 1 aliphatic carbocycles. The van der Waals surface area contributed by atoms with Crippen molar-refractivity contribution in [3.63, 3.8) is 0 Å². The summed E-state index contributed by atoms with van der Waals surface area (Å²) in [5.74, 6) is 0.222. The van der Waals surface area contributed by atoms with Gasteiger partial charge in [-0.05, 0) is 32.3 Å². The van der Waals surface area contributed by atoms with Crippen molar-refractivity contribution in [3.8, 4) is 0 Å². The van der Waals surface area contributed by atoms with Gasteiger partial charge in [-0.15, -0.1) is 0 Å². The van der Waals surface area contributed by atoms with Gasteiger partial charge in [-0.1, -0.05) is 42.5 Å². The van der Waals surface area contributed by atoms with E-state index in [9.17, 15) is 4.79 Å². The van der Waals surface area contributed by atoms with E-state index >= 15 is 0 Å². The zero-order valence-electron chi connectivity index (χ0n) is 12.7. The van der Waals surface area contributed by atoms with Crippen LogP contribution in [0.1, 0.15) is 38.3 Å². The first-order valence-electron chi connectivity index (χ1n) is 7.89. The van der Waals surface area contributed by atoms with Gasteiger partial charge < -0.3 is 4.74 Å². The third-order valence-corrected chi connectivity index (χ3v) is 4.74. The Bertz CT molecular complexity index is 525. The molecule has 4 unspecified atom stereocenters. The number of rotatable bonds is 4. The Morgan fingerprint density at radius 2 is 2.05 bits per heavy atom. The lowest BCUT2D eigenvalue weighted by Crippen LogP contribution is -2.57. The molecule has 21 heavy (non-hydrogen) atoms. The fourth-order valence-corrected chi connectivity index (χ4v) is 3.72. The summed E-state index contributed by atoms with van der Waals surface area (Å²) < 4.78 is 5.34. The molecule has 2 bridgehead atoms. The van der Waals surface area contributed by atoms with Gasteiger partial charge in [0.2, 0.25) is 0 Å². The average molecular weight is 285 g/mol. The maximum atomic E-state index is 12.4. The van der Waals surface area contributed by atoms with Crippen LogP contribution in [-0.4, -0.2) is 29.6 Å². The predicted octanol–water partition coefficient (Wildman–Crippen LogP) is 3.33. The van der Waals surface area contributed by atoms with Gasteiger partial charge in [0.05, 0.1) is 6.61 Å². The van der Waals surface area contributed by atoms with Gasteiger partial charge in [-0.25, -0.2) is 0 Å². The highest BCUT2D eigenvalue weighted by molar-refractivity contribution is 5.77. The van der Waals surface area contributed by atoms with Crippen molar-refractivity contribution >= 4 is 5.97 Å². The molecule has 3 nitrogen and oxygen atoms in total. The van der Waals surface area contributed by atoms with E-state index in [2.05, 4.69) is 48.2 Å². The van der Waals surface area contributed by atoms with Crippen molar-refractivity contribution in [2.45, 2.75) is 44.8 Å². The summed E-state index contributed by atoms with van der Waals surface area (Å²) in [4.78, 5) is 14.8. The van der Waals surface area contributed by atoms with E-state index in [0.717, 1.165) is 12.8 Å². The van der Waals surface area contributed by atoms with Crippen LogP contribution >= 0.6 is 0 Å².